The summed E-state index contributed by atoms with van der Waals surface area (Å²) in [6.07, 6.45) is 1.73. The molecule has 0 bridgehead atoms. The summed E-state index contributed by atoms with van der Waals surface area (Å²) in [5, 5.41) is 17.4. The second kappa shape index (κ2) is 7.54. The normalized spacial score (nSPS) is 12.8. The molecule has 0 spiro atoms. The summed E-state index contributed by atoms with van der Waals surface area (Å²) in [6.45, 7) is 15.6. The molecule has 3 rings (SSSR count). The molecule has 0 radical (unpaired) electrons. The smallest absolute Gasteiger partial charge is 0.224 e. The van der Waals surface area contributed by atoms with Gasteiger partial charge in [0.1, 0.15) is 5.75 Å². The van der Waals surface area contributed by atoms with Crippen molar-refractivity contribution >= 4 is 23.2 Å². The standard InChI is InChI=1S/C24H32N4O/c1-8-28(22-26-19-11-9-10-12-20(19)27-22)25-15-16-13-17(23(2,3)4)14-18(21(16)29)24(5,6)7/h9-15,29H,8H2,1-7H3,(H,26,27)/b25-15+. The van der Waals surface area contributed by atoms with Crippen LogP contribution in [0.2, 0.25) is 0 Å². The second-order valence-electron chi connectivity index (χ2n) is 9.50. The maximum absolute atomic E-state index is 11.0. The molecular weight excluding hydrogens is 360 g/mol. The molecule has 0 aliphatic carbocycles. The number of nitrogens with one attached hydrogen (secondary N) is 1. The number of imidazole rings is 1. The van der Waals surface area contributed by atoms with Crippen molar-refractivity contribution in [2.24, 2.45) is 5.10 Å². The molecule has 0 aliphatic heterocycles. The summed E-state index contributed by atoms with van der Waals surface area (Å²) in [7, 11) is 0. The van der Waals surface area contributed by atoms with Crippen LogP contribution in [0.5, 0.6) is 5.75 Å². The van der Waals surface area contributed by atoms with Crippen molar-refractivity contribution in [2.75, 3.05) is 11.6 Å². The van der Waals surface area contributed by atoms with Gasteiger partial charge in [-0.3, -0.25) is 0 Å². The van der Waals surface area contributed by atoms with Gasteiger partial charge in [-0.15, -0.1) is 0 Å². The largest absolute Gasteiger partial charge is 0.507 e. The predicted molar refractivity (Wildman–Crippen MR) is 122 cm³/mol. The lowest BCUT2D eigenvalue weighted by Crippen LogP contribution is -2.19. The van der Waals surface area contributed by atoms with Crippen LogP contribution in [0.1, 0.15) is 65.2 Å². The van der Waals surface area contributed by atoms with Crippen LogP contribution >= 0.6 is 0 Å². The number of aromatic hydroxyl groups is 1. The lowest BCUT2D eigenvalue weighted by molar-refractivity contribution is 0.444. The molecule has 2 aromatic carbocycles. The molecule has 29 heavy (non-hydrogen) atoms. The molecule has 1 heterocycles. The first kappa shape index (κ1) is 20.9. The highest BCUT2D eigenvalue weighted by molar-refractivity contribution is 5.86. The molecule has 0 saturated heterocycles. The Balaban J connectivity index is 2.03. The molecule has 1 aromatic heterocycles. The zero-order chi connectivity index (χ0) is 21.4. The van der Waals surface area contributed by atoms with Gasteiger partial charge < -0.3 is 10.1 Å². The number of aromatic nitrogens is 2. The number of nitrogens with zero attached hydrogens (tertiary/aromatic N) is 3. The van der Waals surface area contributed by atoms with E-state index < -0.39 is 0 Å². The number of H-pyrrole nitrogens is 1. The van der Waals surface area contributed by atoms with Crippen LogP contribution in [0.15, 0.2) is 41.5 Å². The van der Waals surface area contributed by atoms with Crippen molar-refractivity contribution in [3.63, 3.8) is 0 Å². The predicted octanol–water partition coefficient (Wildman–Crippen LogP) is 5.72. The SMILES string of the molecule is CCN(/N=C/c1cc(C(C)(C)C)cc(C(C)(C)C)c1O)c1nc2ccccc2[nH]1. The Morgan fingerprint density at radius 3 is 2.34 bits per heavy atom. The van der Waals surface area contributed by atoms with Gasteiger partial charge in [0.2, 0.25) is 5.95 Å². The van der Waals surface area contributed by atoms with E-state index in [2.05, 4.69) is 62.7 Å². The average molecular weight is 393 g/mol. The lowest BCUT2D eigenvalue weighted by atomic mass is 9.79. The Bertz CT molecular complexity index is 1000. The molecule has 154 valence electrons. The Hall–Kier alpha value is -2.82. The summed E-state index contributed by atoms with van der Waals surface area (Å²) in [5.74, 6) is 0.974. The van der Waals surface area contributed by atoms with E-state index in [1.165, 1.54) is 5.56 Å². The highest BCUT2D eigenvalue weighted by atomic mass is 16.3. The van der Waals surface area contributed by atoms with Crippen LogP contribution in [0.4, 0.5) is 5.95 Å². The highest BCUT2D eigenvalue weighted by Gasteiger charge is 2.24. The summed E-state index contributed by atoms with van der Waals surface area (Å²) in [5.41, 5.74) is 4.51. The first-order valence-electron chi connectivity index (χ1n) is 10.1. The van der Waals surface area contributed by atoms with Crippen LogP contribution in [-0.4, -0.2) is 27.8 Å². The van der Waals surface area contributed by atoms with Gasteiger partial charge in [0.05, 0.1) is 17.2 Å². The zero-order valence-electron chi connectivity index (χ0n) is 18.5. The van der Waals surface area contributed by atoms with Gasteiger partial charge in [0.15, 0.2) is 0 Å². The summed E-state index contributed by atoms with van der Waals surface area (Å²) in [6, 6.07) is 12.1. The fraction of sp³-hybridized carbons (Fsp3) is 0.417. The third-order valence-corrected chi connectivity index (χ3v) is 5.07. The van der Waals surface area contributed by atoms with Crippen LogP contribution in [-0.2, 0) is 10.8 Å². The van der Waals surface area contributed by atoms with E-state index in [1.807, 2.05) is 37.3 Å². The number of aromatic amines is 1. The van der Waals surface area contributed by atoms with E-state index >= 15 is 0 Å². The summed E-state index contributed by atoms with van der Waals surface area (Å²) >= 11 is 0. The van der Waals surface area contributed by atoms with Crippen molar-refractivity contribution in [2.45, 2.75) is 59.3 Å². The molecule has 0 fully saturated rings. The number of phenols is 1. The summed E-state index contributed by atoms with van der Waals surface area (Å²) in [4.78, 5) is 7.93. The number of rotatable bonds is 4. The number of hydrogen-bond donors (Lipinski definition) is 2. The first-order chi connectivity index (χ1) is 13.5. The van der Waals surface area contributed by atoms with Crippen molar-refractivity contribution in [1.82, 2.24) is 9.97 Å². The number of anilines is 1. The van der Waals surface area contributed by atoms with Gasteiger partial charge in [-0.1, -0.05) is 59.7 Å². The molecule has 0 unspecified atom stereocenters. The van der Waals surface area contributed by atoms with Gasteiger partial charge in [-0.05, 0) is 41.5 Å². The van der Waals surface area contributed by atoms with Crippen molar-refractivity contribution in [1.29, 1.82) is 0 Å². The minimum atomic E-state index is -0.170. The highest BCUT2D eigenvalue weighted by Crippen LogP contribution is 2.37. The minimum Gasteiger partial charge on any atom is -0.507 e. The third kappa shape index (κ3) is 4.44. The average Bonchev–Trinajstić information content (AvgIpc) is 3.05. The van der Waals surface area contributed by atoms with E-state index in [9.17, 15) is 5.11 Å². The molecule has 0 saturated carbocycles. The van der Waals surface area contributed by atoms with E-state index in [0.29, 0.717) is 12.5 Å². The zero-order valence-corrected chi connectivity index (χ0v) is 18.5. The molecule has 0 atom stereocenters. The monoisotopic (exact) mass is 392 g/mol. The number of para-hydroxylation sites is 2. The number of hydrogen-bond acceptors (Lipinski definition) is 4. The van der Waals surface area contributed by atoms with E-state index in [4.69, 9.17) is 0 Å². The molecule has 0 amide bonds. The van der Waals surface area contributed by atoms with Gasteiger partial charge in [0.25, 0.3) is 0 Å². The molecule has 3 aromatic rings. The third-order valence-electron chi connectivity index (χ3n) is 5.07. The van der Waals surface area contributed by atoms with E-state index in [1.54, 1.807) is 11.2 Å². The Labute approximate surface area is 173 Å². The first-order valence-corrected chi connectivity index (χ1v) is 10.1. The van der Waals surface area contributed by atoms with Crippen LogP contribution in [0, 0.1) is 0 Å². The second-order valence-corrected chi connectivity index (χ2v) is 9.50. The van der Waals surface area contributed by atoms with Gasteiger partial charge in [-0.25, -0.2) is 9.99 Å². The van der Waals surface area contributed by atoms with E-state index in [0.717, 1.165) is 22.2 Å². The van der Waals surface area contributed by atoms with Gasteiger partial charge in [-0.2, -0.15) is 5.10 Å². The number of hydrazone groups is 1. The fourth-order valence-corrected chi connectivity index (χ4v) is 3.24. The van der Waals surface area contributed by atoms with Crippen LogP contribution < -0.4 is 5.01 Å². The van der Waals surface area contributed by atoms with Gasteiger partial charge >= 0.3 is 0 Å². The minimum absolute atomic E-state index is 0.0283. The number of benzene rings is 2. The quantitative estimate of drug-likeness (QED) is 0.440. The Morgan fingerprint density at radius 1 is 1.07 bits per heavy atom. The van der Waals surface area contributed by atoms with Gasteiger partial charge in [0, 0.05) is 17.7 Å². The number of phenolic OH excluding ortho intramolecular Hbond substituents is 1. The molecule has 0 aliphatic rings. The van der Waals surface area contributed by atoms with Crippen molar-refractivity contribution in [3.05, 3.63) is 53.1 Å². The van der Waals surface area contributed by atoms with Crippen molar-refractivity contribution < 1.29 is 5.11 Å². The maximum atomic E-state index is 11.0. The van der Waals surface area contributed by atoms with Crippen LogP contribution in [0.25, 0.3) is 11.0 Å². The topological polar surface area (TPSA) is 64.5 Å². The number of fused-ring (bicyclic) bond motifs is 1. The Morgan fingerprint density at radius 2 is 1.76 bits per heavy atom. The van der Waals surface area contributed by atoms with E-state index in [-0.39, 0.29) is 16.6 Å². The van der Waals surface area contributed by atoms with Crippen LogP contribution in [0.3, 0.4) is 0 Å². The molecule has 5 nitrogen and oxygen atoms in total. The Kier molecular flexibility index (Phi) is 5.44. The fourth-order valence-electron chi connectivity index (χ4n) is 3.24. The molecular formula is C24H32N4O. The van der Waals surface area contributed by atoms with Crippen molar-refractivity contribution in [3.8, 4) is 5.75 Å². The summed E-state index contributed by atoms with van der Waals surface area (Å²) < 4.78 is 0. The molecule has 2 N–H and O–H groups in total. The molecule has 5 heteroatoms. The lowest BCUT2D eigenvalue weighted by Gasteiger charge is -2.27. The maximum Gasteiger partial charge on any atom is 0.224 e.